The summed E-state index contributed by atoms with van der Waals surface area (Å²) in [4.78, 5) is 52.2. The minimum Gasteiger partial charge on any atom is -0.441 e. The molecule has 1 aliphatic carbocycles. The number of pyridine rings is 2. The highest BCUT2D eigenvalue weighted by Crippen LogP contribution is 2.52. The SMILES string of the molecule is CC(C)n1cnc2cc(-c3ccc4c(c3)N([C@H]3C[C@@H](N5CCC(C)(C)C5)C3)C(=O)C43CCN(C(=O)c4ncco4)CC3)nc(Nc3ccncc3F)c21. The number of carbonyl (C=O) groups is 2. The Labute approximate surface area is 307 Å². The number of halogens is 1. The molecule has 0 unspecified atom stereocenters. The van der Waals surface area contributed by atoms with Crippen molar-refractivity contribution in [3.8, 4) is 11.3 Å². The summed E-state index contributed by atoms with van der Waals surface area (Å²) in [7, 11) is 0. The lowest BCUT2D eigenvalue weighted by atomic mass is 9.73. The van der Waals surface area contributed by atoms with Gasteiger partial charge in [0.15, 0.2) is 11.6 Å². The topological polar surface area (TPSA) is 126 Å². The molecule has 2 saturated heterocycles. The van der Waals surface area contributed by atoms with Gasteiger partial charge in [-0.3, -0.25) is 19.5 Å². The molecular weight excluding hydrogens is 673 g/mol. The van der Waals surface area contributed by atoms with Crippen molar-refractivity contribution in [1.29, 1.82) is 0 Å². The number of anilines is 3. The number of fused-ring (bicyclic) bond motifs is 3. The Morgan fingerprint density at radius 2 is 1.83 bits per heavy atom. The summed E-state index contributed by atoms with van der Waals surface area (Å²) in [6.45, 7) is 11.8. The van der Waals surface area contributed by atoms with Crippen LogP contribution < -0.4 is 10.2 Å². The number of piperidine rings is 1. The minimum atomic E-state index is -0.735. The summed E-state index contributed by atoms with van der Waals surface area (Å²) >= 11 is 0. The average Bonchev–Trinajstić information content (AvgIpc) is 3.93. The van der Waals surface area contributed by atoms with Crippen LogP contribution in [0.1, 0.15) is 82.1 Å². The highest BCUT2D eigenvalue weighted by atomic mass is 19.1. The fourth-order valence-electron chi connectivity index (χ4n) is 8.98. The first-order valence-electron chi connectivity index (χ1n) is 18.7. The van der Waals surface area contributed by atoms with Crippen molar-refractivity contribution in [2.75, 3.05) is 36.4 Å². The van der Waals surface area contributed by atoms with E-state index in [1.54, 1.807) is 17.3 Å². The van der Waals surface area contributed by atoms with Crippen molar-refractivity contribution in [1.82, 2.24) is 34.3 Å². The lowest BCUT2D eigenvalue weighted by Gasteiger charge is -2.46. The van der Waals surface area contributed by atoms with Crippen LogP contribution in [0.15, 0.2) is 65.9 Å². The number of benzene rings is 1. The van der Waals surface area contributed by atoms with E-state index >= 15 is 0 Å². The van der Waals surface area contributed by atoms with Gasteiger partial charge in [-0.05, 0) is 81.7 Å². The van der Waals surface area contributed by atoms with Gasteiger partial charge in [-0.2, -0.15) is 0 Å². The Morgan fingerprint density at radius 1 is 1.02 bits per heavy atom. The molecule has 1 saturated carbocycles. The Bertz CT molecular complexity index is 2220. The van der Waals surface area contributed by atoms with Gasteiger partial charge in [-0.25, -0.2) is 19.3 Å². The maximum atomic E-state index is 14.9. The molecule has 1 spiro atoms. The molecule has 3 aliphatic heterocycles. The molecule has 53 heavy (non-hydrogen) atoms. The number of hydrogen-bond donors (Lipinski definition) is 1. The van der Waals surface area contributed by atoms with Crippen LogP contribution in [-0.2, 0) is 10.2 Å². The zero-order chi connectivity index (χ0) is 36.6. The van der Waals surface area contributed by atoms with Gasteiger partial charge in [0, 0.05) is 55.2 Å². The predicted molar refractivity (Wildman–Crippen MR) is 198 cm³/mol. The van der Waals surface area contributed by atoms with Crippen LogP contribution in [0.25, 0.3) is 22.3 Å². The molecule has 9 rings (SSSR count). The standard InChI is InChI=1S/C40H44FN9O3/c1-24(2)49-23-44-32-20-31(46-35(34(32)49)45-30-7-11-42-21-29(30)41)25-5-6-28-33(17-25)50(27-18-26(19-27)48-13-8-39(3,4)22-48)38(52)40(28)9-14-47(15-10-40)37(51)36-43-12-16-53-36/h5-7,11-12,16-17,20-21,23-24,26-27H,8-10,13-15,18-19,22H2,1-4H3,(H,42,45,46)/t26-,27+. The molecule has 5 aromatic rings. The summed E-state index contributed by atoms with van der Waals surface area (Å²) in [5.41, 5.74) is 4.76. The van der Waals surface area contributed by atoms with E-state index in [2.05, 4.69) is 64.9 Å². The summed E-state index contributed by atoms with van der Waals surface area (Å²) in [5.74, 6) is -0.0653. The van der Waals surface area contributed by atoms with E-state index in [4.69, 9.17) is 14.4 Å². The maximum Gasteiger partial charge on any atom is 0.309 e. The predicted octanol–water partition coefficient (Wildman–Crippen LogP) is 6.73. The third kappa shape index (κ3) is 5.58. The molecule has 1 N–H and O–H groups in total. The van der Waals surface area contributed by atoms with E-state index in [0.717, 1.165) is 53.8 Å². The lowest BCUT2D eigenvalue weighted by molar-refractivity contribution is -0.125. The van der Waals surface area contributed by atoms with Crippen LogP contribution in [-0.4, -0.2) is 84.4 Å². The van der Waals surface area contributed by atoms with Gasteiger partial charge in [0.05, 0.1) is 41.0 Å². The Morgan fingerprint density at radius 3 is 2.53 bits per heavy atom. The summed E-state index contributed by atoms with van der Waals surface area (Å²) in [6.07, 6.45) is 11.4. The van der Waals surface area contributed by atoms with Crippen LogP contribution in [0.5, 0.6) is 0 Å². The minimum absolute atomic E-state index is 0.0687. The van der Waals surface area contributed by atoms with Gasteiger partial charge in [0.25, 0.3) is 5.89 Å². The van der Waals surface area contributed by atoms with Gasteiger partial charge < -0.3 is 24.1 Å². The summed E-state index contributed by atoms with van der Waals surface area (Å²) < 4.78 is 22.2. The van der Waals surface area contributed by atoms with E-state index in [-0.39, 0.29) is 35.5 Å². The zero-order valence-electron chi connectivity index (χ0n) is 30.5. The number of imidazole rings is 1. The number of rotatable bonds is 7. The molecular formula is C40H44FN9O3. The van der Waals surface area contributed by atoms with Crippen molar-refractivity contribution in [3.05, 3.63) is 78.8 Å². The van der Waals surface area contributed by atoms with Crippen LogP contribution in [0.4, 0.5) is 21.6 Å². The highest BCUT2D eigenvalue weighted by Gasteiger charge is 2.56. The Hall–Kier alpha value is -5.17. The van der Waals surface area contributed by atoms with Gasteiger partial charge in [-0.1, -0.05) is 26.0 Å². The molecule has 7 heterocycles. The first kappa shape index (κ1) is 33.7. The smallest absolute Gasteiger partial charge is 0.309 e. The molecule has 3 fully saturated rings. The summed E-state index contributed by atoms with van der Waals surface area (Å²) in [5, 5.41) is 3.22. The van der Waals surface area contributed by atoms with Gasteiger partial charge in [-0.15, -0.1) is 0 Å². The molecule has 2 amide bonds. The molecule has 12 nitrogen and oxygen atoms in total. The number of hydrogen-bond acceptors (Lipinski definition) is 9. The highest BCUT2D eigenvalue weighted by molar-refractivity contribution is 6.09. The number of aromatic nitrogens is 5. The number of oxazole rings is 1. The normalized spacial score (nSPS) is 22.2. The maximum absolute atomic E-state index is 14.9. The molecule has 4 aromatic heterocycles. The molecule has 4 aliphatic rings. The first-order chi connectivity index (χ1) is 25.5. The van der Waals surface area contributed by atoms with Gasteiger partial charge in [0.2, 0.25) is 5.91 Å². The largest absolute Gasteiger partial charge is 0.441 e. The van der Waals surface area contributed by atoms with Crippen molar-refractivity contribution in [2.45, 2.75) is 83.3 Å². The van der Waals surface area contributed by atoms with Crippen molar-refractivity contribution >= 4 is 40.0 Å². The number of nitrogens with zero attached hydrogens (tertiary/aromatic N) is 8. The second-order valence-electron chi connectivity index (χ2n) is 16.2. The van der Waals surface area contributed by atoms with Crippen LogP contribution in [0, 0.1) is 11.2 Å². The Balaban J connectivity index is 1.09. The van der Waals surface area contributed by atoms with Crippen LogP contribution in [0.2, 0.25) is 0 Å². The number of nitrogens with one attached hydrogen (secondary N) is 1. The Kier molecular flexibility index (Phi) is 7.91. The third-order valence-electron chi connectivity index (χ3n) is 12.0. The molecule has 13 heteroatoms. The van der Waals surface area contributed by atoms with E-state index in [1.807, 2.05) is 16.7 Å². The second kappa shape index (κ2) is 12.5. The fraction of sp³-hybridized carbons (Fsp3) is 0.450. The number of carbonyl (C=O) groups excluding carboxylic acids is 2. The quantitative estimate of drug-likeness (QED) is 0.195. The van der Waals surface area contributed by atoms with Crippen molar-refractivity contribution in [3.63, 3.8) is 0 Å². The van der Waals surface area contributed by atoms with Crippen molar-refractivity contribution in [2.24, 2.45) is 5.41 Å². The molecule has 0 radical (unpaired) electrons. The summed E-state index contributed by atoms with van der Waals surface area (Å²) in [6, 6.07) is 10.4. The fourth-order valence-corrected chi connectivity index (χ4v) is 8.98. The van der Waals surface area contributed by atoms with Crippen LogP contribution >= 0.6 is 0 Å². The molecule has 0 atom stereocenters. The lowest BCUT2D eigenvalue weighted by Crippen LogP contribution is -2.57. The zero-order valence-corrected chi connectivity index (χ0v) is 30.5. The van der Waals surface area contributed by atoms with E-state index < -0.39 is 11.2 Å². The van der Waals surface area contributed by atoms with Crippen LogP contribution in [0.3, 0.4) is 0 Å². The molecule has 274 valence electrons. The molecule has 1 aromatic carbocycles. The van der Waals surface area contributed by atoms with E-state index in [0.29, 0.717) is 48.9 Å². The van der Waals surface area contributed by atoms with E-state index in [1.165, 1.54) is 31.3 Å². The molecule has 0 bridgehead atoms. The second-order valence-corrected chi connectivity index (χ2v) is 16.2. The van der Waals surface area contributed by atoms with Gasteiger partial charge in [0.1, 0.15) is 11.8 Å². The van der Waals surface area contributed by atoms with Crippen molar-refractivity contribution < 1.29 is 18.4 Å². The van der Waals surface area contributed by atoms with E-state index in [9.17, 15) is 14.0 Å². The van der Waals surface area contributed by atoms with Gasteiger partial charge >= 0.3 is 5.91 Å². The first-order valence-corrected chi connectivity index (χ1v) is 18.7. The number of amides is 2. The average molecular weight is 718 g/mol. The monoisotopic (exact) mass is 717 g/mol. The third-order valence-corrected chi connectivity index (χ3v) is 12.0. The number of likely N-dealkylation sites (tertiary alicyclic amines) is 2.